The van der Waals surface area contributed by atoms with Crippen molar-refractivity contribution in [2.75, 3.05) is 13.2 Å². The molecule has 0 bridgehead atoms. The van der Waals surface area contributed by atoms with Crippen molar-refractivity contribution in [1.82, 2.24) is 9.78 Å². The molecule has 0 aliphatic carbocycles. The van der Waals surface area contributed by atoms with Crippen molar-refractivity contribution in [3.63, 3.8) is 0 Å². The standard InChI is InChI=1S/C15H14Cl2F3N3O2/c1-3-25-22-12(10-5-4-9(16)6-11(10)17)8-24-14-7-13(15(18,19)20)21-23(14)2/h4-7H,3,8H2,1-2H3. The number of alkyl halides is 3. The number of aryl methyl sites for hydroxylation is 1. The number of rotatable bonds is 6. The van der Waals surface area contributed by atoms with Crippen LogP contribution in [0.4, 0.5) is 13.2 Å². The molecule has 1 heterocycles. The van der Waals surface area contributed by atoms with Gasteiger partial charge >= 0.3 is 6.18 Å². The quantitative estimate of drug-likeness (QED) is 0.531. The second kappa shape index (κ2) is 7.97. The van der Waals surface area contributed by atoms with Crippen molar-refractivity contribution in [2.45, 2.75) is 13.1 Å². The highest BCUT2D eigenvalue weighted by Crippen LogP contribution is 2.30. The van der Waals surface area contributed by atoms with Crippen molar-refractivity contribution >= 4 is 28.9 Å². The minimum atomic E-state index is -4.55. The lowest BCUT2D eigenvalue weighted by Crippen LogP contribution is -2.15. The average molecular weight is 396 g/mol. The molecule has 1 aromatic carbocycles. The first-order valence-electron chi connectivity index (χ1n) is 7.10. The molecule has 0 aliphatic rings. The number of ether oxygens (including phenoxy) is 1. The van der Waals surface area contributed by atoms with E-state index in [1.54, 1.807) is 19.1 Å². The van der Waals surface area contributed by atoms with E-state index in [4.69, 9.17) is 32.8 Å². The van der Waals surface area contributed by atoms with Crippen LogP contribution in [0.25, 0.3) is 0 Å². The van der Waals surface area contributed by atoms with E-state index in [-0.39, 0.29) is 12.5 Å². The van der Waals surface area contributed by atoms with E-state index < -0.39 is 11.9 Å². The molecule has 0 atom stereocenters. The van der Waals surface area contributed by atoms with Gasteiger partial charge in [0.1, 0.15) is 18.9 Å². The van der Waals surface area contributed by atoms with Crippen LogP contribution in [0.15, 0.2) is 29.4 Å². The van der Waals surface area contributed by atoms with Gasteiger partial charge in [-0.25, -0.2) is 4.68 Å². The van der Waals surface area contributed by atoms with Crippen LogP contribution in [0, 0.1) is 0 Å². The summed E-state index contributed by atoms with van der Waals surface area (Å²) in [5, 5.41) is 8.04. The molecule has 0 saturated carbocycles. The van der Waals surface area contributed by atoms with Crippen LogP contribution in [-0.2, 0) is 18.1 Å². The topological polar surface area (TPSA) is 48.6 Å². The number of oxime groups is 1. The summed E-state index contributed by atoms with van der Waals surface area (Å²) >= 11 is 12.0. The van der Waals surface area contributed by atoms with E-state index >= 15 is 0 Å². The summed E-state index contributed by atoms with van der Waals surface area (Å²) < 4.78 is 44.5. The van der Waals surface area contributed by atoms with Gasteiger partial charge < -0.3 is 9.57 Å². The first kappa shape index (κ1) is 19.4. The number of hydrogen-bond acceptors (Lipinski definition) is 4. The van der Waals surface area contributed by atoms with Gasteiger partial charge in [-0.2, -0.15) is 18.3 Å². The molecule has 0 aliphatic heterocycles. The molecule has 2 rings (SSSR count). The zero-order valence-corrected chi connectivity index (χ0v) is 14.8. The van der Waals surface area contributed by atoms with Gasteiger partial charge in [0.15, 0.2) is 5.69 Å². The van der Waals surface area contributed by atoms with Crippen molar-refractivity contribution < 1.29 is 22.7 Å². The van der Waals surface area contributed by atoms with Crippen molar-refractivity contribution in [1.29, 1.82) is 0 Å². The van der Waals surface area contributed by atoms with Crippen molar-refractivity contribution in [2.24, 2.45) is 12.2 Å². The second-order valence-electron chi connectivity index (χ2n) is 4.86. The third-order valence-corrected chi connectivity index (χ3v) is 3.58. The highest BCUT2D eigenvalue weighted by Gasteiger charge is 2.35. The van der Waals surface area contributed by atoms with E-state index in [0.717, 1.165) is 10.7 Å². The maximum Gasteiger partial charge on any atom is 0.435 e. The minimum Gasteiger partial charge on any atom is -0.471 e. The molecule has 136 valence electrons. The molecule has 2 aromatic rings. The lowest BCUT2D eigenvalue weighted by molar-refractivity contribution is -0.141. The molecule has 1 aromatic heterocycles. The Kier molecular flexibility index (Phi) is 6.18. The smallest absolute Gasteiger partial charge is 0.435 e. The summed E-state index contributed by atoms with van der Waals surface area (Å²) in [6.07, 6.45) is -4.55. The third kappa shape index (κ3) is 5.02. The molecular formula is C15H14Cl2F3N3O2. The number of benzene rings is 1. The SMILES string of the molecule is CCON=C(COc1cc(C(F)(F)F)nn1C)c1ccc(Cl)cc1Cl. The fraction of sp³-hybridized carbons (Fsp3) is 0.333. The lowest BCUT2D eigenvalue weighted by atomic mass is 10.1. The van der Waals surface area contributed by atoms with E-state index in [2.05, 4.69) is 10.3 Å². The number of aromatic nitrogens is 2. The first-order chi connectivity index (χ1) is 11.7. The van der Waals surface area contributed by atoms with Gasteiger partial charge in [-0.15, -0.1) is 0 Å². The van der Waals surface area contributed by atoms with Crippen LogP contribution >= 0.6 is 23.2 Å². The maximum absolute atomic E-state index is 12.7. The molecule has 10 heteroatoms. The maximum atomic E-state index is 12.7. The second-order valence-corrected chi connectivity index (χ2v) is 5.70. The van der Waals surface area contributed by atoms with Gasteiger partial charge in [-0.05, 0) is 25.1 Å². The largest absolute Gasteiger partial charge is 0.471 e. The van der Waals surface area contributed by atoms with Crippen LogP contribution in [0.1, 0.15) is 18.2 Å². The normalized spacial score (nSPS) is 12.4. The van der Waals surface area contributed by atoms with Crippen LogP contribution in [0.2, 0.25) is 10.0 Å². The molecule has 5 nitrogen and oxygen atoms in total. The van der Waals surface area contributed by atoms with Crippen molar-refractivity contribution in [3.8, 4) is 5.88 Å². The Morgan fingerprint density at radius 1 is 1.28 bits per heavy atom. The Balaban J connectivity index is 2.23. The summed E-state index contributed by atoms with van der Waals surface area (Å²) in [7, 11) is 1.35. The number of nitrogens with zero attached hydrogens (tertiary/aromatic N) is 3. The van der Waals surface area contributed by atoms with Gasteiger partial charge in [0.2, 0.25) is 5.88 Å². The molecule has 0 radical (unpaired) electrons. The Morgan fingerprint density at radius 3 is 2.56 bits per heavy atom. The summed E-state index contributed by atoms with van der Waals surface area (Å²) in [4.78, 5) is 5.03. The van der Waals surface area contributed by atoms with Crippen LogP contribution < -0.4 is 4.74 Å². The van der Waals surface area contributed by atoms with E-state index in [1.165, 1.54) is 13.1 Å². The molecule has 0 amide bonds. The predicted molar refractivity (Wildman–Crippen MR) is 88.3 cm³/mol. The molecule has 0 unspecified atom stereocenters. The van der Waals surface area contributed by atoms with E-state index in [9.17, 15) is 13.2 Å². The van der Waals surface area contributed by atoms with Crippen LogP contribution in [-0.4, -0.2) is 28.7 Å². The fourth-order valence-corrected chi connectivity index (χ4v) is 2.40. The molecule has 0 saturated heterocycles. The van der Waals surface area contributed by atoms with Gasteiger partial charge in [0.05, 0.1) is 5.02 Å². The van der Waals surface area contributed by atoms with Crippen molar-refractivity contribution in [3.05, 3.63) is 45.6 Å². The lowest BCUT2D eigenvalue weighted by Gasteiger charge is -2.10. The van der Waals surface area contributed by atoms with E-state index in [0.29, 0.717) is 27.9 Å². The monoisotopic (exact) mass is 395 g/mol. The Hall–Kier alpha value is -1.93. The summed E-state index contributed by atoms with van der Waals surface area (Å²) in [6.45, 7) is 1.87. The summed E-state index contributed by atoms with van der Waals surface area (Å²) in [6, 6.07) is 5.56. The van der Waals surface area contributed by atoms with Crippen LogP contribution in [0.5, 0.6) is 5.88 Å². The highest BCUT2D eigenvalue weighted by atomic mass is 35.5. The number of hydrogen-bond donors (Lipinski definition) is 0. The van der Waals surface area contributed by atoms with Gasteiger partial charge in [-0.1, -0.05) is 28.4 Å². The number of halogens is 5. The molecule has 0 spiro atoms. The molecule has 0 N–H and O–H groups in total. The third-order valence-electron chi connectivity index (χ3n) is 3.03. The summed E-state index contributed by atoms with van der Waals surface area (Å²) in [5.41, 5.74) is -0.242. The minimum absolute atomic E-state index is 0.0680. The Morgan fingerprint density at radius 2 is 2.00 bits per heavy atom. The molecule has 25 heavy (non-hydrogen) atoms. The molecule has 0 fully saturated rings. The highest BCUT2D eigenvalue weighted by molar-refractivity contribution is 6.37. The zero-order chi connectivity index (χ0) is 18.6. The van der Waals surface area contributed by atoms with Gasteiger partial charge in [0, 0.05) is 23.7 Å². The Bertz CT molecular complexity index is 776. The summed E-state index contributed by atoms with van der Waals surface area (Å²) in [5.74, 6) is -0.0680. The van der Waals surface area contributed by atoms with Gasteiger partial charge in [0.25, 0.3) is 0 Å². The predicted octanol–water partition coefficient (Wildman–Crippen LogP) is 4.57. The van der Waals surface area contributed by atoms with Crippen LogP contribution in [0.3, 0.4) is 0 Å². The molecular weight excluding hydrogens is 382 g/mol. The first-order valence-corrected chi connectivity index (χ1v) is 7.86. The average Bonchev–Trinajstić information content (AvgIpc) is 2.90. The zero-order valence-electron chi connectivity index (χ0n) is 13.3. The van der Waals surface area contributed by atoms with E-state index in [1.807, 2.05) is 0 Å². The fourth-order valence-electron chi connectivity index (χ4n) is 1.89. The Labute approximate surface area is 151 Å². The van der Waals surface area contributed by atoms with Gasteiger partial charge in [-0.3, -0.25) is 0 Å².